The zero-order valence-corrected chi connectivity index (χ0v) is 16.7. The largest absolute Gasteiger partial charge is 0.493 e. The van der Waals surface area contributed by atoms with Crippen molar-refractivity contribution in [3.8, 4) is 11.5 Å². The fourth-order valence-corrected chi connectivity index (χ4v) is 3.21. The molecule has 2 aromatic heterocycles. The molecule has 0 amide bonds. The Balaban J connectivity index is 1.78. The summed E-state index contributed by atoms with van der Waals surface area (Å²) in [5.74, 6) is 2.49. The van der Waals surface area contributed by atoms with Gasteiger partial charge in [-0.2, -0.15) is 14.9 Å². The van der Waals surface area contributed by atoms with Crippen LogP contribution in [0.1, 0.15) is 17.1 Å². The van der Waals surface area contributed by atoms with Crippen LogP contribution in [-0.2, 0) is 5.75 Å². The number of aryl methyl sites for hydroxylation is 1. The van der Waals surface area contributed by atoms with E-state index < -0.39 is 0 Å². The molecule has 3 rings (SSSR count). The Bertz CT molecular complexity index is 1010. The average molecular weight is 403 g/mol. The lowest BCUT2D eigenvalue weighted by atomic mass is 10.2. The number of nitrogens with one attached hydrogen (secondary N) is 1. The molecule has 0 aliphatic carbocycles. The van der Waals surface area contributed by atoms with E-state index in [1.54, 1.807) is 31.3 Å². The Morgan fingerprint density at radius 1 is 1.26 bits per heavy atom. The molecule has 0 saturated heterocycles. The first-order valence-corrected chi connectivity index (χ1v) is 9.35. The number of aromatic nitrogens is 5. The minimum Gasteiger partial charge on any atom is -0.493 e. The van der Waals surface area contributed by atoms with Crippen LogP contribution in [0.15, 0.2) is 40.7 Å². The summed E-state index contributed by atoms with van der Waals surface area (Å²) in [6.07, 6.45) is 3.42. The maximum absolute atomic E-state index is 5.31. The summed E-state index contributed by atoms with van der Waals surface area (Å²) in [6.45, 7) is 1.93. The predicted molar refractivity (Wildman–Crippen MR) is 106 cm³/mol. The van der Waals surface area contributed by atoms with Crippen LogP contribution in [0.3, 0.4) is 0 Å². The number of hydrogen-bond acceptors (Lipinski definition) is 8. The number of ether oxygens (including phenoxy) is 2. The van der Waals surface area contributed by atoms with E-state index in [4.69, 9.17) is 21.7 Å². The standard InChI is InChI=1S/C17H18N6O2S2/c1-11-6-7-18-16(20-11)27-10-15-21-22-17(26)23(15)19-9-12-4-5-13(24-2)14(8-12)25-3/h4-9H,10H2,1-3H3,(H,22,26)/b19-9+. The molecule has 0 saturated carbocycles. The normalized spacial score (nSPS) is 11.1. The van der Waals surface area contributed by atoms with Gasteiger partial charge in [0.1, 0.15) is 0 Å². The summed E-state index contributed by atoms with van der Waals surface area (Å²) < 4.78 is 12.5. The van der Waals surface area contributed by atoms with Crippen molar-refractivity contribution < 1.29 is 9.47 Å². The molecule has 1 aromatic carbocycles. The highest BCUT2D eigenvalue weighted by molar-refractivity contribution is 7.98. The molecule has 1 N–H and O–H groups in total. The van der Waals surface area contributed by atoms with E-state index in [-0.39, 0.29) is 0 Å². The van der Waals surface area contributed by atoms with Crippen molar-refractivity contribution in [2.24, 2.45) is 5.10 Å². The number of nitrogens with zero attached hydrogens (tertiary/aromatic N) is 5. The first kappa shape index (κ1) is 19.1. The van der Waals surface area contributed by atoms with Gasteiger partial charge in [0.15, 0.2) is 22.5 Å². The molecule has 0 aliphatic heterocycles. The lowest BCUT2D eigenvalue weighted by Gasteiger charge is -2.07. The van der Waals surface area contributed by atoms with E-state index in [1.807, 2.05) is 31.2 Å². The Morgan fingerprint density at radius 3 is 2.81 bits per heavy atom. The van der Waals surface area contributed by atoms with Crippen LogP contribution < -0.4 is 9.47 Å². The second kappa shape index (κ2) is 8.78. The van der Waals surface area contributed by atoms with E-state index in [0.29, 0.717) is 33.0 Å². The third-order valence-electron chi connectivity index (χ3n) is 3.55. The third kappa shape index (κ3) is 4.72. The molecule has 0 atom stereocenters. The molecule has 10 heteroatoms. The summed E-state index contributed by atoms with van der Waals surface area (Å²) in [6, 6.07) is 7.39. The Hall–Kier alpha value is -2.72. The Labute approximate surface area is 165 Å². The van der Waals surface area contributed by atoms with Gasteiger partial charge in [-0.3, -0.25) is 5.10 Å². The zero-order valence-electron chi connectivity index (χ0n) is 15.0. The monoisotopic (exact) mass is 402 g/mol. The van der Waals surface area contributed by atoms with Gasteiger partial charge in [0.05, 0.1) is 26.2 Å². The number of aromatic amines is 1. The van der Waals surface area contributed by atoms with E-state index >= 15 is 0 Å². The highest BCUT2D eigenvalue weighted by Gasteiger charge is 2.08. The van der Waals surface area contributed by atoms with Crippen LogP contribution in [0.5, 0.6) is 11.5 Å². The Kier molecular flexibility index (Phi) is 6.20. The molecule has 27 heavy (non-hydrogen) atoms. The van der Waals surface area contributed by atoms with Gasteiger partial charge in [-0.05, 0) is 49.0 Å². The molecule has 0 aliphatic rings. The van der Waals surface area contributed by atoms with Crippen LogP contribution >= 0.6 is 24.0 Å². The molecular formula is C17H18N6O2S2. The van der Waals surface area contributed by atoms with Crippen molar-refractivity contribution in [1.82, 2.24) is 24.8 Å². The van der Waals surface area contributed by atoms with Gasteiger partial charge in [0.2, 0.25) is 4.77 Å². The van der Waals surface area contributed by atoms with Gasteiger partial charge in [-0.15, -0.1) is 0 Å². The predicted octanol–water partition coefficient (Wildman–Crippen LogP) is 3.23. The fraction of sp³-hybridized carbons (Fsp3) is 0.235. The highest BCUT2D eigenvalue weighted by Crippen LogP contribution is 2.27. The smallest absolute Gasteiger partial charge is 0.216 e. The zero-order chi connectivity index (χ0) is 19.2. The molecule has 0 fully saturated rings. The molecular weight excluding hydrogens is 384 g/mol. The molecule has 8 nitrogen and oxygen atoms in total. The lowest BCUT2D eigenvalue weighted by molar-refractivity contribution is 0.355. The van der Waals surface area contributed by atoms with Crippen molar-refractivity contribution in [2.75, 3.05) is 14.2 Å². The van der Waals surface area contributed by atoms with E-state index in [2.05, 4.69) is 25.3 Å². The van der Waals surface area contributed by atoms with Crippen molar-refractivity contribution in [3.05, 3.63) is 52.3 Å². The van der Waals surface area contributed by atoms with Crippen molar-refractivity contribution in [3.63, 3.8) is 0 Å². The van der Waals surface area contributed by atoms with Gasteiger partial charge in [-0.25, -0.2) is 9.97 Å². The molecule has 140 valence electrons. The highest BCUT2D eigenvalue weighted by atomic mass is 32.2. The quantitative estimate of drug-likeness (QED) is 0.281. The summed E-state index contributed by atoms with van der Waals surface area (Å²) in [5.41, 5.74) is 1.76. The van der Waals surface area contributed by atoms with Crippen molar-refractivity contribution in [1.29, 1.82) is 0 Å². The molecule has 0 radical (unpaired) electrons. The third-order valence-corrected chi connectivity index (χ3v) is 4.67. The van der Waals surface area contributed by atoms with E-state index in [0.717, 1.165) is 11.3 Å². The molecule has 0 bridgehead atoms. The average Bonchev–Trinajstić information content (AvgIpc) is 3.04. The SMILES string of the molecule is COc1ccc(/C=N/n2c(CSc3nccc(C)n3)n[nH]c2=S)cc1OC. The minimum absolute atomic E-state index is 0.410. The summed E-state index contributed by atoms with van der Waals surface area (Å²) in [5, 5.41) is 12.1. The second-order valence-corrected chi connectivity index (χ2v) is 6.71. The van der Waals surface area contributed by atoms with Crippen molar-refractivity contribution >= 4 is 30.2 Å². The first-order chi connectivity index (χ1) is 13.1. The maximum atomic E-state index is 5.31. The summed E-state index contributed by atoms with van der Waals surface area (Å²) in [4.78, 5) is 8.60. The fourth-order valence-electron chi connectivity index (χ4n) is 2.22. The van der Waals surface area contributed by atoms with Gasteiger partial charge in [0, 0.05) is 11.9 Å². The van der Waals surface area contributed by atoms with Crippen LogP contribution in [0.4, 0.5) is 0 Å². The number of H-pyrrole nitrogens is 1. The van der Waals surface area contributed by atoms with E-state index in [1.165, 1.54) is 11.8 Å². The van der Waals surface area contributed by atoms with Crippen LogP contribution in [0.2, 0.25) is 0 Å². The van der Waals surface area contributed by atoms with Gasteiger partial charge < -0.3 is 9.47 Å². The van der Waals surface area contributed by atoms with Gasteiger partial charge in [0.25, 0.3) is 0 Å². The Morgan fingerprint density at radius 2 is 2.07 bits per heavy atom. The van der Waals surface area contributed by atoms with Crippen LogP contribution in [0, 0.1) is 11.7 Å². The van der Waals surface area contributed by atoms with Crippen LogP contribution in [0.25, 0.3) is 0 Å². The molecule has 0 unspecified atom stereocenters. The number of methoxy groups -OCH3 is 2. The maximum Gasteiger partial charge on any atom is 0.216 e. The van der Waals surface area contributed by atoms with E-state index in [9.17, 15) is 0 Å². The summed E-state index contributed by atoms with van der Waals surface area (Å²) >= 11 is 6.74. The van der Waals surface area contributed by atoms with Gasteiger partial charge >= 0.3 is 0 Å². The number of benzene rings is 1. The second-order valence-electron chi connectivity index (χ2n) is 5.39. The number of rotatable bonds is 7. The van der Waals surface area contributed by atoms with Crippen molar-refractivity contribution in [2.45, 2.75) is 17.8 Å². The molecule has 3 aromatic rings. The topological polar surface area (TPSA) is 90.2 Å². The van der Waals surface area contributed by atoms with Gasteiger partial charge in [-0.1, -0.05) is 11.8 Å². The lowest BCUT2D eigenvalue weighted by Crippen LogP contribution is -1.99. The van der Waals surface area contributed by atoms with Crippen LogP contribution in [-0.4, -0.2) is 45.3 Å². The molecule has 2 heterocycles. The first-order valence-electron chi connectivity index (χ1n) is 7.96. The minimum atomic E-state index is 0.410. The number of thioether (sulfide) groups is 1. The summed E-state index contributed by atoms with van der Waals surface area (Å²) in [7, 11) is 3.19. The molecule has 0 spiro atoms. The number of hydrogen-bond donors (Lipinski definition) is 1.